The van der Waals surface area contributed by atoms with E-state index in [-0.39, 0.29) is 63.6 Å². The Kier molecular flexibility index (Phi) is 21.1. The molecule has 408 valence electrons. The van der Waals surface area contributed by atoms with Gasteiger partial charge in [0.1, 0.15) is 37.1 Å². The topological polar surface area (TPSA) is 179 Å². The Hall–Kier alpha value is -4.50. The van der Waals surface area contributed by atoms with Crippen LogP contribution < -0.4 is 10.6 Å². The van der Waals surface area contributed by atoms with E-state index in [9.17, 15) is 32.7 Å². The van der Waals surface area contributed by atoms with E-state index < -0.39 is 98.0 Å². The Labute approximate surface area is 434 Å². The second-order valence-corrected chi connectivity index (χ2v) is 20.1. The number of aliphatic hydroxyl groups excluding tert-OH is 1. The van der Waals surface area contributed by atoms with E-state index in [0.29, 0.717) is 19.4 Å². The first kappa shape index (κ1) is 55.7. The van der Waals surface area contributed by atoms with Crippen molar-refractivity contribution in [2.24, 2.45) is 17.8 Å². The number of carbonyl (C=O) groups excluding carboxylic acids is 3. The lowest BCUT2D eigenvalue weighted by molar-refractivity contribution is -0.341. The Bertz CT molecular complexity index is 2180. The Balaban J connectivity index is 1.20. The minimum absolute atomic E-state index is 0.0170. The highest BCUT2D eigenvalue weighted by atomic mass is 19.4. The van der Waals surface area contributed by atoms with Crippen LogP contribution in [0, 0.1) is 17.8 Å². The summed E-state index contributed by atoms with van der Waals surface area (Å²) in [5, 5.41) is 16.5. The van der Waals surface area contributed by atoms with E-state index in [1.54, 1.807) is 17.4 Å². The van der Waals surface area contributed by atoms with Gasteiger partial charge in [0.05, 0.1) is 50.8 Å². The lowest BCUT2D eigenvalue weighted by atomic mass is 9.84. The number of amides is 2. The number of hydrogen-bond donors (Lipinski definition) is 3. The number of rotatable bonds is 23. The molecule has 3 aromatic rings. The van der Waals surface area contributed by atoms with Crippen LogP contribution in [0.15, 0.2) is 91.0 Å². The summed E-state index contributed by atoms with van der Waals surface area (Å²) in [6.07, 6.45) is -9.84. The molecule has 2 saturated carbocycles. The van der Waals surface area contributed by atoms with Gasteiger partial charge in [0.15, 0.2) is 18.7 Å². The SMILES string of the molecule is [3H]CCOC[C@@H]1O[C@@H](O[C@@H]2CCC[C@@H](C)C2O[C@@H]2OC(C)[C@@H](C)[C@H](OCc3ccccc3)C2OCc2ccccc2)C(NC(=O)CNC(=O)C(F)(F)F)C(O[C@@H](CC2CCCCC2)C(=O)OCc2ccccc2)[C@H]1O. The van der Waals surface area contributed by atoms with Crippen LogP contribution in [0.2, 0.25) is 0 Å². The van der Waals surface area contributed by atoms with Gasteiger partial charge in [-0.05, 0) is 61.6 Å². The molecule has 2 amide bonds. The zero-order chi connectivity index (χ0) is 53.3. The van der Waals surface area contributed by atoms with Gasteiger partial charge in [0.2, 0.25) is 5.91 Å². The smallest absolute Gasteiger partial charge is 0.459 e. The van der Waals surface area contributed by atoms with Gasteiger partial charge in [-0.3, -0.25) is 9.59 Å². The number of ether oxygens (including phenoxy) is 9. The van der Waals surface area contributed by atoms with Gasteiger partial charge in [0.25, 0.3) is 0 Å². The van der Waals surface area contributed by atoms with Crippen molar-refractivity contribution in [3.8, 4) is 0 Å². The van der Waals surface area contributed by atoms with E-state index in [1.165, 1.54) is 0 Å². The molecule has 3 aromatic carbocycles. The Morgan fingerprint density at radius 3 is 1.99 bits per heavy atom. The normalized spacial score (nSPS) is 30.4. The molecule has 15 nitrogen and oxygen atoms in total. The molecule has 4 aliphatic rings. The summed E-state index contributed by atoms with van der Waals surface area (Å²) in [5.74, 6) is -4.35. The minimum atomic E-state index is -5.27. The molecule has 14 atom stereocenters. The number of halogens is 3. The predicted octanol–water partition coefficient (Wildman–Crippen LogP) is 7.88. The highest BCUT2D eigenvalue weighted by molar-refractivity contribution is 5.87. The Morgan fingerprint density at radius 1 is 0.743 bits per heavy atom. The van der Waals surface area contributed by atoms with Crippen LogP contribution in [0.3, 0.4) is 0 Å². The van der Waals surface area contributed by atoms with Crippen LogP contribution >= 0.6 is 0 Å². The molecular weight excluding hydrogens is 966 g/mol. The number of nitrogens with one attached hydrogen (secondary N) is 2. The van der Waals surface area contributed by atoms with Gasteiger partial charge in [0, 0.05) is 13.9 Å². The van der Waals surface area contributed by atoms with E-state index in [2.05, 4.69) is 5.32 Å². The monoisotopic (exact) mass is 1040 g/mol. The van der Waals surface area contributed by atoms with E-state index >= 15 is 0 Å². The van der Waals surface area contributed by atoms with Crippen molar-refractivity contribution >= 4 is 17.8 Å². The summed E-state index contributed by atoms with van der Waals surface area (Å²) >= 11 is 0. The fourth-order valence-electron chi connectivity index (χ4n) is 10.4. The third-order valence-corrected chi connectivity index (χ3v) is 14.6. The highest BCUT2D eigenvalue weighted by Gasteiger charge is 2.52. The van der Waals surface area contributed by atoms with Crippen molar-refractivity contribution in [3.05, 3.63) is 108 Å². The molecule has 18 heteroatoms. The van der Waals surface area contributed by atoms with Crippen molar-refractivity contribution in [2.75, 3.05) is 19.8 Å². The molecule has 7 rings (SSSR count). The van der Waals surface area contributed by atoms with Gasteiger partial charge in [-0.1, -0.05) is 143 Å². The number of esters is 1. The van der Waals surface area contributed by atoms with Crippen LogP contribution in [-0.4, -0.2) is 122 Å². The van der Waals surface area contributed by atoms with Crippen molar-refractivity contribution < 1.29 is 76.7 Å². The maximum absolute atomic E-state index is 14.2. The first-order valence-electron chi connectivity index (χ1n) is 26.9. The summed E-state index contributed by atoms with van der Waals surface area (Å²) in [7, 11) is 0. The summed E-state index contributed by atoms with van der Waals surface area (Å²) < 4.78 is 107. The molecule has 3 N–H and O–H groups in total. The van der Waals surface area contributed by atoms with Crippen LogP contribution in [0.5, 0.6) is 0 Å². The second-order valence-electron chi connectivity index (χ2n) is 20.1. The molecule has 0 radical (unpaired) electrons. The Morgan fingerprint density at radius 2 is 1.36 bits per heavy atom. The predicted molar refractivity (Wildman–Crippen MR) is 265 cm³/mol. The third-order valence-electron chi connectivity index (χ3n) is 14.6. The number of aliphatic hydroxyl groups is 1. The number of alkyl halides is 3. The van der Waals surface area contributed by atoms with Crippen molar-refractivity contribution in [1.82, 2.24) is 10.6 Å². The van der Waals surface area contributed by atoms with Crippen molar-refractivity contribution in [3.63, 3.8) is 0 Å². The largest absolute Gasteiger partial charge is 0.471 e. The average Bonchev–Trinajstić information content (AvgIpc) is 3.41. The van der Waals surface area contributed by atoms with Gasteiger partial charge < -0.3 is 58.4 Å². The lowest BCUT2D eigenvalue weighted by Crippen LogP contribution is -2.68. The molecule has 2 heterocycles. The molecule has 74 heavy (non-hydrogen) atoms. The van der Waals surface area contributed by atoms with Crippen LogP contribution in [0.1, 0.15) is 104 Å². The van der Waals surface area contributed by atoms with Gasteiger partial charge in [-0.2, -0.15) is 13.2 Å². The minimum Gasteiger partial charge on any atom is -0.459 e. The lowest BCUT2D eigenvalue weighted by Gasteiger charge is -2.49. The van der Waals surface area contributed by atoms with Gasteiger partial charge >= 0.3 is 18.1 Å². The fourth-order valence-corrected chi connectivity index (χ4v) is 10.4. The number of benzene rings is 3. The van der Waals surface area contributed by atoms with Crippen molar-refractivity contribution in [1.29, 1.82) is 0 Å². The zero-order valence-corrected chi connectivity index (χ0v) is 42.6. The average molecular weight is 1040 g/mol. The first-order valence-corrected chi connectivity index (χ1v) is 26.2. The standard InChI is InChI=1S/C56H75F3N2O13/c1-5-66-34-44-47(63)50(71-43(29-38-20-10-6-11-21-38)52(64)69-33-41-26-16-9-17-27-41)46(61-45(62)30-60-55(65)56(57,58)59)53(73-44)72-42-28-18-19-35(2)48(42)74-54-51(68-32-40-24-14-8-15-25-40)49(36(3)37(4)70-54)67-31-39-22-12-7-13-23-39/h7-9,12-17,22-27,35-38,42-44,46-51,53-54,63H,5-6,10-11,18-21,28-34H2,1-4H3,(H,60,65)(H,61,62)/t35-,36-,37?,42-,43+,44+,46?,47+,48?,49+,50?,51?,53-,54+/m1/s1/i1T. The molecule has 2 saturated heterocycles. The molecule has 4 fully saturated rings. The van der Waals surface area contributed by atoms with Gasteiger partial charge in [-0.15, -0.1) is 0 Å². The number of carbonyl (C=O) groups is 3. The van der Waals surface area contributed by atoms with E-state index in [0.717, 1.165) is 55.2 Å². The van der Waals surface area contributed by atoms with Gasteiger partial charge in [-0.25, -0.2) is 4.79 Å². The molecule has 5 unspecified atom stereocenters. The molecular formula is C56H75F3N2O13. The van der Waals surface area contributed by atoms with Crippen molar-refractivity contribution in [2.45, 2.75) is 185 Å². The molecule has 2 aliphatic carbocycles. The second kappa shape index (κ2) is 28.0. The molecule has 0 bridgehead atoms. The van der Waals surface area contributed by atoms with Crippen LogP contribution in [-0.2, 0) is 76.8 Å². The highest BCUT2D eigenvalue weighted by Crippen LogP contribution is 2.39. The number of hydrogen-bond acceptors (Lipinski definition) is 13. The first-order chi connectivity index (χ1) is 36.2. The summed E-state index contributed by atoms with van der Waals surface area (Å²) in [6, 6.07) is 27.1. The molecule has 0 aromatic heterocycles. The van der Waals surface area contributed by atoms with Crippen LogP contribution in [0.25, 0.3) is 0 Å². The maximum Gasteiger partial charge on any atom is 0.471 e. The molecule has 2 aliphatic heterocycles. The van der Waals surface area contributed by atoms with Crippen LogP contribution in [0.4, 0.5) is 13.2 Å². The van der Waals surface area contributed by atoms with E-state index in [1.807, 2.05) is 99.6 Å². The fraction of sp³-hybridized carbons (Fsp3) is 0.625. The summed E-state index contributed by atoms with van der Waals surface area (Å²) in [5.41, 5.74) is 2.64. The third kappa shape index (κ3) is 16.3. The quantitative estimate of drug-likeness (QED) is 0.0618. The maximum atomic E-state index is 14.2. The summed E-state index contributed by atoms with van der Waals surface area (Å²) in [6.45, 7) is 5.02. The molecule has 0 spiro atoms. The zero-order valence-electron chi connectivity index (χ0n) is 43.6. The summed E-state index contributed by atoms with van der Waals surface area (Å²) in [4.78, 5) is 39.9. The van der Waals surface area contributed by atoms with E-state index in [4.69, 9.17) is 44.0 Å².